The number of hydrogen-bond acceptors (Lipinski definition) is 5. The maximum absolute atomic E-state index is 13.2. The Morgan fingerprint density at radius 3 is 2.37 bits per heavy atom. The van der Waals surface area contributed by atoms with Crippen LogP contribution >= 0.6 is 0 Å². The number of nitrogens with zero attached hydrogens (tertiary/aromatic N) is 2. The first kappa shape index (κ1) is 22.9. The number of carbonyl (C=O) groups is 2. The summed E-state index contributed by atoms with van der Waals surface area (Å²) in [6.45, 7) is 4.30. The summed E-state index contributed by atoms with van der Waals surface area (Å²) in [4.78, 5) is 38.1. The van der Waals surface area contributed by atoms with Gasteiger partial charge in [-0.3, -0.25) is 19.7 Å². The molecule has 0 radical (unpaired) electrons. The summed E-state index contributed by atoms with van der Waals surface area (Å²) >= 11 is 0. The minimum atomic E-state index is -0.678. The molecule has 0 bridgehead atoms. The first-order chi connectivity index (χ1) is 14.4. The summed E-state index contributed by atoms with van der Waals surface area (Å²) in [5, 5.41) is 14.1. The van der Waals surface area contributed by atoms with Crippen molar-refractivity contribution in [3.05, 3.63) is 69.8 Å². The number of ether oxygens (including phenoxy) is 1. The predicted octanol–water partition coefficient (Wildman–Crippen LogP) is 3.09. The molecule has 2 amide bonds. The first-order valence-corrected chi connectivity index (χ1v) is 9.83. The number of methoxy groups -OCH3 is 1. The number of carbonyl (C=O) groups excluding carboxylic acids is 2. The van der Waals surface area contributed by atoms with Crippen LogP contribution in [0.3, 0.4) is 0 Å². The maximum Gasteiger partial charge on any atom is 0.273 e. The molecule has 0 aromatic heterocycles. The number of benzene rings is 2. The highest BCUT2D eigenvalue weighted by atomic mass is 16.6. The molecule has 0 saturated carbocycles. The highest BCUT2D eigenvalue weighted by molar-refractivity contribution is 5.88. The van der Waals surface area contributed by atoms with Crippen molar-refractivity contribution in [1.29, 1.82) is 0 Å². The Morgan fingerprint density at radius 1 is 1.13 bits per heavy atom. The zero-order valence-corrected chi connectivity index (χ0v) is 17.5. The van der Waals surface area contributed by atoms with Crippen LogP contribution in [-0.2, 0) is 22.6 Å². The van der Waals surface area contributed by atoms with Crippen molar-refractivity contribution in [2.75, 3.05) is 13.7 Å². The lowest BCUT2D eigenvalue weighted by atomic mass is 10.1. The predicted molar refractivity (Wildman–Crippen MR) is 113 cm³/mol. The Kier molecular flexibility index (Phi) is 8.34. The summed E-state index contributed by atoms with van der Waals surface area (Å²) in [7, 11) is 1.57. The summed E-state index contributed by atoms with van der Waals surface area (Å²) < 4.78 is 5.17. The van der Waals surface area contributed by atoms with Crippen LogP contribution < -0.4 is 10.1 Å². The number of likely N-dealkylation sites (N-methyl/N-ethyl adjacent to an activating group) is 1. The number of nitro groups is 1. The van der Waals surface area contributed by atoms with Crippen LogP contribution in [0, 0.1) is 10.1 Å². The van der Waals surface area contributed by atoms with Crippen LogP contribution in [0.25, 0.3) is 0 Å². The first-order valence-electron chi connectivity index (χ1n) is 9.83. The molecule has 0 aliphatic rings. The van der Waals surface area contributed by atoms with E-state index in [2.05, 4.69) is 5.32 Å². The molecule has 0 spiro atoms. The number of nitrogens with one attached hydrogen (secondary N) is 1. The van der Waals surface area contributed by atoms with E-state index < -0.39 is 11.0 Å². The number of nitro benzene ring substituents is 1. The standard InChI is InChI=1S/C22H27N3O5/c1-4-19(22(27)23-5-2)24(15-16-10-12-18(30-3)13-11-16)21(26)14-17-8-6-7-9-20(17)25(28)29/h6-13,19H,4-5,14-15H2,1-3H3,(H,23,27). The van der Waals surface area contributed by atoms with Crippen LogP contribution in [0.4, 0.5) is 5.69 Å². The molecule has 8 nitrogen and oxygen atoms in total. The summed E-state index contributed by atoms with van der Waals surface area (Å²) in [5.74, 6) is 0.0925. The van der Waals surface area contributed by atoms with Crippen LogP contribution in [0.15, 0.2) is 48.5 Å². The van der Waals surface area contributed by atoms with Gasteiger partial charge >= 0.3 is 0 Å². The van der Waals surface area contributed by atoms with E-state index in [1.54, 1.807) is 37.4 Å². The van der Waals surface area contributed by atoms with Gasteiger partial charge in [0.2, 0.25) is 11.8 Å². The van der Waals surface area contributed by atoms with Gasteiger partial charge in [-0.15, -0.1) is 0 Å². The molecular formula is C22H27N3O5. The van der Waals surface area contributed by atoms with Crippen LogP contribution in [0.5, 0.6) is 5.75 Å². The lowest BCUT2D eigenvalue weighted by Crippen LogP contribution is -2.49. The van der Waals surface area contributed by atoms with Gasteiger partial charge in [-0.05, 0) is 31.0 Å². The quantitative estimate of drug-likeness (QED) is 0.476. The molecule has 8 heteroatoms. The van der Waals surface area contributed by atoms with Gasteiger partial charge in [0.05, 0.1) is 18.5 Å². The van der Waals surface area contributed by atoms with E-state index in [-0.39, 0.29) is 30.5 Å². The van der Waals surface area contributed by atoms with Crippen LogP contribution in [-0.4, -0.2) is 41.3 Å². The molecule has 2 aromatic rings. The van der Waals surface area contributed by atoms with Crippen molar-refractivity contribution in [2.45, 2.75) is 39.3 Å². The fourth-order valence-electron chi connectivity index (χ4n) is 3.24. The second-order valence-electron chi connectivity index (χ2n) is 6.75. The van der Waals surface area contributed by atoms with Crippen molar-refractivity contribution >= 4 is 17.5 Å². The molecule has 1 unspecified atom stereocenters. The molecule has 0 aliphatic heterocycles. The van der Waals surface area contributed by atoms with Gasteiger partial charge < -0.3 is 15.0 Å². The lowest BCUT2D eigenvalue weighted by Gasteiger charge is -2.30. The summed E-state index contributed by atoms with van der Waals surface area (Å²) in [6.07, 6.45) is 0.258. The largest absolute Gasteiger partial charge is 0.497 e. The van der Waals surface area contributed by atoms with Gasteiger partial charge in [0, 0.05) is 24.7 Å². The van der Waals surface area contributed by atoms with E-state index in [1.165, 1.54) is 11.0 Å². The number of amides is 2. The van der Waals surface area contributed by atoms with Gasteiger partial charge in [-0.1, -0.05) is 37.3 Å². The topological polar surface area (TPSA) is 102 Å². The van der Waals surface area contributed by atoms with Crippen molar-refractivity contribution in [3.8, 4) is 5.75 Å². The van der Waals surface area contributed by atoms with Crippen molar-refractivity contribution in [2.24, 2.45) is 0 Å². The number of para-hydroxylation sites is 1. The number of rotatable bonds is 10. The SMILES string of the molecule is CCNC(=O)C(CC)N(Cc1ccc(OC)cc1)C(=O)Cc1ccccc1[N+](=O)[O-]. The number of hydrogen-bond donors (Lipinski definition) is 1. The van der Waals surface area contributed by atoms with E-state index in [0.717, 1.165) is 5.56 Å². The molecule has 30 heavy (non-hydrogen) atoms. The van der Waals surface area contributed by atoms with Crippen molar-refractivity contribution in [1.82, 2.24) is 10.2 Å². The Bertz CT molecular complexity index is 883. The van der Waals surface area contributed by atoms with Crippen LogP contribution in [0.1, 0.15) is 31.4 Å². The Balaban J connectivity index is 2.34. The average molecular weight is 413 g/mol. The van der Waals surface area contributed by atoms with E-state index in [4.69, 9.17) is 4.74 Å². The van der Waals surface area contributed by atoms with Gasteiger partial charge in [-0.25, -0.2) is 0 Å². The molecule has 0 heterocycles. The van der Waals surface area contributed by atoms with Gasteiger partial charge in [0.25, 0.3) is 5.69 Å². The third-order valence-electron chi connectivity index (χ3n) is 4.78. The minimum Gasteiger partial charge on any atom is -0.497 e. The molecule has 2 aromatic carbocycles. The second kappa shape index (κ2) is 10.9. The molecular weight excluding hydrogens is 386 g/mol. The second-order valence-corrected chi connectivity index (χ2v) is 6.75. The van der Waals surface area contributed by atoms with E-state index in [1.807, 2.05) is 26.0 Å². The van der Waals surface area contributed by atoms with E-state index >= 15 is 0 Å². The summed E-state index contributed by atoms with van der Waals surface area (Å²) in [5.41, 5.74) is 1.04. The molecule has 0 fully saturated rings. The highest BCUT2D eigenvalue weighted by Crippen LogP contribution is 2.21. The average Bonchev–Trinajstić information content (AvgIpc) is 2.74. The fourth-order valence-corrected chi connectivity index (χ4v) is 3.24. The Labute approximate surface area is 176 Å². The Morgan fingerprint density at radius 2 is 1.80 bits per heavy atom. The van der Waals surface area contributed by atoms with Gasteiger partial charge in [0.1, 0.15) is 11.8 Å². The monoisotopic (exact) mass is 413 g/mol. The zero-order valence-electron chi connectivity index (χ0n) is 17.5. The normalized spacial score (nSPS) is 11.4. The maximum atomic E-state index is 13.2. The van der Waals surface area contributed by atoms with E-state index in [0.29, 0.717) is 24.3 Å². The molecule has 1 atom stereocenters. The van der Waals surface area contributed by atoms with Crippen molar-refractivity contribution in [3.63, 3.8) is 0 Å². The van der Waals surface area contributed by atoms with Crippen molar-refractivity contribution < 1.29 is 19.2 Å². The highest BCUT2D eigenvalue weighted by Gasteiger charge is 2.29. The van der Waals surface area contributed by atoms with E-state index in [9.17, 15) is 19.7 Å². The van der Waals surface area contributed by atoms with Gasteiger partial charge in [-0.2, -0.15) is 0 Å². The third-order valence-corrected chi connectivity index (χ3v) is 4.78. The zero-order chi connectivity index (χ0) is 22.1. The Hall–Kier alpha value is -3.42. The van der Waals surface area contributed by atoms with Crippen LogP contribution in [0.2, 0.25) is 0 Å². The smallest absolute Gasteiger partial charge is 0.273 e. The van der Waals surface area contributed by atoms with Gasteiger partial charge in [0.15, 0.2) is 0 Å². The minimum absolute atomic E-state index is 0.110. The lowest BCUT2D eigenvalue weighted by molar-refractivity contribution is -0.385. The third kappa shape index (κ3) is 5.79. The molecule has 0 aliphatic carbocycles. The summed E-state index contributed by atoms with van der Waals surface area (Å²) in [6, 6.07) is 12.7. The molecule has 160 valence electrons. The molecule has 0 saturated heterocycles. The molecule has 2 rings (SSSR count). The molecule has 1 N–H and O–H groups in total. The fraction of sp³-hybridized carbons (Fsp3) is 0.364.